The van der Waals surface area contributed by atoms with Crippen molar-refractivity contribution in [2.45, 2.75) is 18.4 Å². The lowest BCUT2D eigenvalue weighted by atomic mass is 9.89. The highest BCUT2D eigenvalue weighted by Crippen LogP contribution is 2.36. The summed E-state index contributed by atoms with van der Waals surface area (Å²) < 4.78 is 19.7. The molecule has 0 saturated carbocycles. The first-order chi connectivity index (χ1) is 10.2. The zero-order valence-electron chi connectivity index (χ0n) is 11.8. The molecule has 0 aliphatic carbocycles. The van der Waals surface area contributed by atoms with Crippen LogP contribution in [0.2, 0.25) is 5.02 Å². The van der Waals surface area contributed by atoms with Crippen LogP contribution in [0.1, 0.15) is 17.0 Å². The molecule has 4 heteroatoms. The highest BCUT2D eigenvalue weighted by Gasteiger charge is 2.30. The van der Waals surface area contributed by atoms with Gasteiger partial charge in [0.15, 0.2) is 0 Å². The normalized spacial score (nSPS) is 18.1. The summed E-state index contributed by atoms with van der Waals surface area (Å²) in [6.45, 7) is 0.618. The fraction of sp³-hybridized carbons (Fsp3) is 0.294. The number of likely N-dealkylation sites (N-methyl/N-ethyl adjacent to an activating group) is 1. The van der Waals surface area contributed by atoms with Gasteiger partial charge >= 0.3 is 0 Å². The number of hydrogen-bond donors (Lipinski definition) is 1. The van der Waals surface area contributed by atoms with Crippen LogP contribution < -0.4 is 10.1 Å². The minimum atomic E-state index is -0.216. The van der Waals surface area contributed by atoms with Crippen LogP contribution in [0.15, 0.2) is 42.5 Å². The van der Waals surface area contributed by atoms with E-state index in [4.69, 9.17) is 16.3 Å². The van der Waals surface area contributed by atoms with Gasteiger partial charge in [-0.3, -0.25) is 0 Å². The maximum atomic E-state index is 13.9. The number of ether oxygens (including phenoxy) is 1. The Morgan fingerprint density at radius 1 is 1.33 bits per heavy atom. The van der Waals surface area contributed by atoms with E-state index in [2.05, 4.69) is 11.4 Å². The number of benzene rings is 2. The van der Waals surface area contributed by atoms with Crippen LogP contribution in [-0.4, -0.2) is 19.7 Å². The molecule has 0 bridgehead atoms. The third-order valence-corrected chi connectivity index (χ3v) is 4.28. The molecule has 2 aromatic carbocycles. The molecular weight excluding hydrogens is 289 g/mol. The first-order valence-electron chi connectivity index (χ1n) is 7.02. The average Bonchev–Trinajstić information content (AvgIpc) is 2.92. The van der Waals surface area contributed by atoms with E-state index in [0.717, 1.165) is 5.75 Å². The van der Waals surface area contributed by atoms with Gasteiger partial charge in [0.25, 0.3) is 0 Å². The van der Waals surface area contributed by atoms with E-state index < -0.39 is 0 Å². The van der Waals surface area contributed by atoms with Gasteiger partial charge in [0, 0.05) is 22.5 Å². The van der Waals surface area contributed by atoms with Crippen molar-refractivity contribution in [3.8, 4) is 5.75 Å². The number of nitrogens with one attached hydrogen (secondary N) is 1. The van der Waals surface area contributed by atoms with E-state index in [-0.39, 0.29) is 17.8 Å². The summed E-state index contributed by atoms with van der Waals surface area (Å²) in [5.41, 5.74) is 1.81. The van der Waals surface area contributed by atoms with Crippen LogP contribution >= 0.6 is 11.6 Å². The molecule has 2 unspecified atom stereocenters. The largest absolute Gasteiger partial charge is 0.493 e. The Hall–Kier alpha value is -1.58. The standard InChI is InChI=1S/C17H17ClFNO/c1-20-16(9-11-8-12(18)6-7-15(11)19)14-10-21-17-5-3-2-4-13(14)17/h2-8,14,16,20H,9-10H2,1H3. The van der Waals surface area contributed by atoms with E-state index in [1.54, 1.807) is 12.1 Å². The lowest BCUT2D eigenvalue weighted by molar-refractivity contribution is 0.301. The molecule has 110 valence electrons. The van der Waals surface area contributed by atoms with Crippen LogP contribution in [0.25, 0.3) is 0 Å². The van der Waals surface area contributed by atoms with Crippen LogP contribution in [0.3, 0.4) is 0 Å². The molecule has 3 rings (SSSR count). The molecule has 2 nitrogen and oxygen atoms in total. The minimum absolute atomic E-state index is 0.0987. The molecular formula is C17H17ClFNO. The van der Waals surface area contributed by atoms with Crippen molar-refractivity contribution in [1.82, 2.24) is 5.32 Å². The predicted molar refractivity (Wildman–Crippen MR) is 82.6 cm³/mol. The summed E-state index contributed by atoms with van der Waals surface area (Å²) in [6, 6.07) is 12.8. The molecule has 0 amide bonds. The maximum absolute atomic E-state index is 13.9. The summed E-state index contributed by atoms with van der Waals surface area (Å²) in [4.78, 5) is 0. The van der Waals surface area contributed by atoms with Crippen LogP contribution in [0.4, 0.5) is 4.39 Å². The fourth-order valence-corrected chi connectivity index (χ4v) is 3.10. The molecule has 1 aliphatic heterocycles. The second kappa shape index (κ2) is 6.04. The first kappa shape index (κ1) is 14.4. The van der Waals surface area contributed by atoms with Crippen molar-refractivity contribution in [1.29, 1.82) is 0 Å². The Labute approximate surface area is 128 Å². The van der Waals surface area contributed by atoms with Crippen LogP contribution in [0, 0.1) is 5.82 Å². The van der Waals surface area contributed by atoms with E-state index in [9.17, 15) is 4.39 Å². The van der Waals surface area contributed by atoms with Crippen molar-refractivity contribution < 1.29 is 9.13 Å². The monoisotopic (exact) mass is 305 g/mol. The molecule has 0 saturated heterocycles. The van der Waals surface area contributed by atoms with Gasteiger partial charge in [0.05, 0.1) is 6.61 Å². The van der Waals surface area contributed by atoms with Gasteiger partial charge < -0.3 is 10.1 Å². The Morgan fingerprint density at radius 3 is 2.95 bits per heavy atom. The van der Waals surface area contributed by atoms with Gasteiger partial charge in [-0.1, -0.05) is 29.8 Å². The highest BCUT2D eigenvalue weighted by atomic mass is 35.5. The van der Waals surface area contributed by atoms with Gasteiger partial charge in [0.2, 0.25) is 0 Å². The highest BCUT2D eigenvalue weighted by molar-refractivity contribution is 6.30. The molecule has 1 N–H and O–H groups in total. The molecule has 0 fully saturated rings. The molecule has 21 heavy (non-hydrogen) atoms. The number of rotatable bonds is 4. The molecule has 0 radical (unpaired) electrons. The van der Waals surface area contributed by atoms with Crippen LogP contribution in [0.5, 0.6) is 5.75 Å². The Bertz CT molecular complexity index is 646. The number of halogens is 2. The minimum Gasteiger partial charge on any atom is -0.493 e. The van der Waals surface area contributed by atoms with E-state index in [1.807, 2.05) is 25.2 Å². The molecule has 1 heterocycles. The topological polar surface area (TPSA) is 21.3 Å². The molecule has 1 aliphatic rings. The second-order valence-corrected chi connectivity index (χ2v) is 5.73. The van der Waals surface area contributed by atoms with E-state index in [1.165, 1.54) is 11.6 Å². The van der Waals surface area contributed by atoms with Crippen molar-refractivity contribution in [3.05, 3.63) is 64.4 Å². The fourth-order valence-electron chi connectivity index (χ4n) is 2.90. The summed E-state index contributed by atoms with van der Waals surface area (Å²) in [5.74, 6) is 0.922. The molecule has 0 spiro atoms. The van der Waals surface area contributed by atoms with Gasteiger partial charge in [-0.25, -0.2) is 4.39 Å². The quantitative estimate of drug-likeness (QED) is 0.928. The maximum Gasteiger partial charge on any atom is 0.126 e. The average molecular weight is 306 g/mol. The SMILES string of the molecule is CNC(Cc1cc(Cl)ccc1F)C1COc2ccccc21. The first-order valence-corrected chi connectivity index (χ1v) is 7.39. The molecule has 0 aromatic heterocycles. The zero-order chi connectivity index (χ0) is 14.8. The van der Waals surface area contributed by atoms with Crippen molar-refractivity contribution in [2.75, 3.05) is 13.7 Å². The molecule has 2 atom stereocenters. The predicted octanol–water partition coefficient (Wildman–Crippen LogP) is 3.79. The van der Waals surface area contributed by atoms with E-state index in [0.29, 0.717) is 23.6 Å². The summed E-state index contributed by atoms with van der Waals surface area (Å²) in [5, 5.41) is 3.85. The second-order valence-electron chi connectivity index (χ2n) is 5.29. The van der Waals surface area contributed by atoms with Gasteiger partial charge in [-0.15, -0.1) is 0 Å². The van der Waals surface area contributed by atoms with Gasteiger partial charge in [0.1, 0.15) is 11.6 Å². The smallest absolute Gasteiger partial charge is 0.126 e. The zero-order valence-corrected chi connectivity index (χ0v) is 12.5. The summed E-state index contributed by atoms with van der Waals surface area (Å²) >= 11 is 5.97. The number of fused-ring (bicyclic) bond motifs is 1. The summed E-state index contributed by atoms with van der Waals surface area (Å²) in [7, 11) is 1.90. The van der Waals surface area contributed by atoms with Crippen molar-refractivity contribution >= 4 is 11.6 Å². The Kier molecular flexibility index (Phi) is 4.13. The summed E-state index contributed by atoms with van der Waals surface area (Å²) in [6.07, 6.45) is 0.575. The van der Waals surface area contributed by atoms with Crippen LogP contribution in [-0.2, 0) is 6.42 Å². The Balaban J connectivity index is 1.85. The number of hydrogen-bond acceptors (Lipinski definition) is 2. The van der Waals surface area contributed by atoms with E-state index >= 15 is 0 Å². The third-order valence-electron chi connectivity index (χ3n) is 4.04. The lowest BCUT2D eigenvalue weighted by Crippen LogP contribution is -2.35. The van der Waals surface area contributed by atoms with Crippen molar-refractivity contribution in [3.63, 3.8) is 0 Å². The third kappa shape index (κ3) is 2.89. The van der Waals surface area contributed by atoms with Crippen molar-refractivity contribution in [2.24, 2.45) is 0 Å². The van der Waals surface area contributed by atoms with Gasteiger partial charge in [-0.05, 0) is 43.3 Å². The molecule has 2 aromatic rings. The van der Waals surface area contributed by atoms with Gasteiger partial charge in [-0.2, -0.15) is 0 Å². The Morgan fingerprint density at radius 2 is 2.14 bits per heavy atom. The number of para-hydroxylation sites is 1. The lowest BCUT2D eigenvalue weighted by Gasteiger charge is -2.22.